The number of ether oxygens (including phenoxy) is 1. The van der Waals surface area contributed by atoms with Crippen LogP contribution in [-0.2, 0) is 9.53 Å². The van der Waals surface area contributed by atoms with Gasteiger partial charge in [0.25, 0.3) is 5.91 Å². The van der Waals surface area contributed by atoms with Gasteiger partial charge in [-0.1, -0.05) is 0 Å². The van der Waals surface area contributed by atoms with Crippen LogP contribution < -0.4 is 0 Å². The van der Waals surface area contributed by atoms with Crippen molar-refractivity contribution < 1.29 is 9.53 Å². The van der Waals surface area contributed by atoms with E-state index in [4.69, 9.17) is 4.74 Å². The van der Waals surface area contributed by atoms with E-state index in [1.54, 1.807) is 17.6 Å². The molecule has 0 aromatic carbocycles. The van der Waals surface area contributed by atoms with Crippen molar-refractivity contribution in [2.75, 3.05) is 13.2 Å². The summed E-state index contributed by atoms with van der Waals surface area (Å²) in [4.78, 5) is 19.3. The topological polar surface area (TPSA) is 42.4 Å². The van der Waals surface area contributed by atoms with E-state index in [9.17, 15) is 4.79 Å². The van der Waals surface area contributed by atoms with Crippen molar-refractivity contribution in [3.05, 3.63) is 27.9 Å². The Labute approximate surface area is 123 Å². The lowest BCUT2D eigenvalue weighted by atomic mass is 10.00. The Morgan fingerprint density at radius 3 is 3.05 bits per heavy atom. The Balaban J connectivity index is 1.81. The molecule has 3 heterocycles. The quantitative estimate of drug-likeness (QED) is 0.840. The van der Waals surface area contributed by atoms with Gasteiger partial charge in [0.1, 0.15) is 5.01 Å². The van der Waals surface area contributed by atoms with Crippen LogP contribution in [0.2, 0.25) is 0 Å². The second-order valence-corrected chi connectivity index (χ2v) is 6.34. The largest absolute Gasteiger partial charge is 0.501 e. The first kappa shape index (κ1) is 13.6. The number of thiazole rings is 1. The zero-order chi connectivity index (χ0) is 13.9. The number of amides is 1. The first-order valence-corrected chi connectivity index (χ1v) is 8.17. The highest BCUT2D eigenvalue weighted by Gasteiger charge is 2.31. The van der Waals surface area contributed by atoms with E-state index in [-0.39, 0.29) is 11.9 Å². The van der Waals surface area contributed by atoms with E-state index < -0.39 is 0 Å². The summed E-state index contributed by atoms with van der Waals surface area (Å²) in [6.45, 7) is 3.57. The van der Waals surface area contributed by atoms with Crippen molar-refractivity contribution >= 4 is 17.2 Å². The summed E-state index contributed by atoms with van der Waals surface area (Å²) in [6.07, 6.45) is 6.70. The van der Waals surface area contributed by atoms with E-state index in [2.05, 4.69) is 10.4 Å². The van der Waals surface area contributed by atoms with Gasteiger partial charge in [-0.3, -0.25) is 4.79 Å². The van der Waals surface area contributed by atoms with E-state index in [0.29, 0.717) is 0 Å². The molecule has 20 heavy (non-hydrogen) atoms. The molecule has 2 aliphatic heterocycles. The highest BCUT2D eigenvalue weighted by atomic mass is 32.1. The van der Waals surface area contributed by atoms with Crippen LogP contribution in [0.5, 0.6) is 0 Å². The summed E-state index contributed by atoms with van der Waals surface area (Å²) in [5.74, 6) is 0.141. The lowest BCUT2D eigenvalue weighted by Crippen LogP contribution is -2.39. The van der Waals surface area contributed by atoms with Crippen molar-refractivity contribution in [3.8, 4) is 0 Å². The lowest BCUT2D eigenvalue weighted by molar-refractivity contribution is -0.131. The predicted molar refractivity (Wildman–Crippen MR) is 78.4 cm³/mol. The Kier molecular flexibility index (Phi) is 4.05. The number of carbonyl (C=O) groups excluding carboxylic acids is 1. The minimum absolute atomic E-state index is 0.141. The molecule has 1 aromatic rings. The molecule has 0 bridgehead atoms. The zero-order valence-electron chi connectivity index (χ0n) is 11.8. The zero-order valence-corrected chi connectivity index (χ0v) is 12.6. The van der Waals surface area contributed by atoms with Gasteiger partial charge in [-0.15, -0.1) is 11.3 Å². The Bertz CT molecular complexity index is 524. The number of rotatable bonds is 2. The number of hydrogen-bond donors (Lipinski definition) is 0. The van der Waals surface area contributed by atoms with Crippen LogP contribution in [0.1, 0.15) is 48.8 Å². The minimum Gasteiger partial charge on any atom is -0.501 e. The van der Waals surface area contributed by atoms with Gasteiger partial charge in [0, 0.05) is 17.6 Å². The SMILES string of the molecule is Cc1csc([C@H]2CCCCN2C(=O)C2=COCCC2)n1. The number of carbonyl (C=O) groups is 1. The molecule has 1 aromatic heterocycles. The molecule has 2 aliphatic rings. The molecule has 4 nitrogen and oxygen atoms in total. The van der Waals surface area contributed by atoms with E-state index >= 15 is 0 Å². The fraction of sp³-hybridized carbons (Fsp3) is 0.600. The summed E-state index contributed by atoms with van der Waals surface area (Å²) in [7, 11) is 0. The van der Waals surface area contributed by atoms with Crippen molar-refractivity contribution in [3.63, 3.8) is 0 Å². The van der Waals surface area contributed by atoms with E-state index in [0.717, 1.165) is 55.1 Å². The maximum absolute atomic E-state index is 12.7. The normalized spacial score (nSPS) is 23.1. The van der Waals surface area contributed by atoms with Crippen LogP contribution in [0.15, 0.2) is 17.2 Å². The third-order valence-corrected chi connectivity index (χ3v) is 4.96. The maximum Gasteiger partial charge on any atom is 0.253 e. The van der Waals surface area contributed by atoms with E-state index in [1.165, 1.54) is 6.42 Å². The molecule has 0 unspecified atom stereocenters. The summed E-state index contributed by atoms with van der Waals surface area (Å²) < 4.78 is 5.32. The van der Waals surface area contributed by atoms with E-state index in [1.807, 2.05) is 11.8 Å². The van der Waals surface area contributed by atoms with Crippen LogP contribution in [0.4, 0.5) is 0 Å². The van der Waals surface area contributed by atoms with Gasteiger partial charge in [0.05, 0.1) is 24.5 Å². The molecule has 3 rings (SSSR count). The summed E-state index contributed by atoms with van der Waals surface area (Å²) in [6, 6.07) is 0.151. The Morgan fingerprint density at radius 2 is 2.35 bits per heavy atom. The smallest absolute Gasteiger partial charge is 0.253 e. The molecule has 1 saturated heterocycles. The molecular weight excluding hydrogens is 272 g/mol. The monoisotopic (exact) mass is 292 g/mol. The number of aromatic nitrogens is 1. The average molecular weight is 292 g/mol. The maximum atomic E-state index is 12.7. The second-order valence-electron chi connectivity index (χ2n) is 5.45. The Hall–Kier alpha value is -1.36. The fourth-order valence-corrected chi connectivity index (χ4v) is 3.81. The molecule has 0 N–H and O–H groups in total. The predicted octanol–water partition coefficient (Wildman–Crippen LogP) is 3.20. The summed E-state index contributed by atoms with van der Waals surface area (Å²) in [5, 5.41) is 3.14. The van der Waals surface area contributed by atoms with Gasteiger partial charge < -0.3 is 9.64 Å². The molecular formula is C15H20N2O2S. The number of aryl methyl sites for hydroxylation is 1. The second kappa shape index (κ2) is 5.95. The third-order valence-electron chi connectivity index (χ3n) is 3.89. The molecule has 0 spiro atoms. The molecule has 0 radical (unpaired) electrons. The Morgan fingerprint density at radius 1 is 1.45 bits per heavy atom. The number of likely N-dealkylation sites (tertiary alicyclic amines) is 1. The van der Waals surface area contributed by atoms with Gasteiger partial charge >= 0.3 is 0 Å². The summed E-state index contributed by atoms with van der Waals surface area (Å²) in [5.41, 5.74) is 1.86. The molecule has 0 aliphatic carbocycles. The van der Waals surface area contributed by atoms with Crippen LogP contribution in [-0.4, -0.2) is 28.9 Å². The van der Waals surface area contributed by atoms with Gasteiger partial charge in [0.2, 0.25) is 0 Å². The van der Waals surface area contributed by atoms with Crippen molar-refractivity contribution in [2.24, 2.45) is 0 Å². The van der Waals surface area contributed by atoms with Gasteiger partial charge in [-0.2, -0.15) is 0 Å². The molecule has 1 amide bonds. The van der Waals surface area contributed by atoms with Crippen molar-refractivity contribution in [1.29, 1.82) is 0 Å². The van der Waals surface area contributed by atoms with Gasteiger partial charge in [-0.25, -0.2) is 4.98 Å². The van der Waals surface area contributed by atoms with Gasteiger partial charge in [-0.05, 0) is 39.0 Å². The first-order valence-electron chi connectivity index (χ1n) is 7.29. The standard InChI is InChI=1S/C15H20N2O2S/c1-11-10-20-14(16-11)13-6-2-3-7-17(13)15(18)12-5-4-8-19-9-12/h9-10,13H,2-8H2,1H3/t13-/m1/s1. The van der Waals surface area contributed by atoms with Gasteiger partial charge in [0.15, 0.2) is 0 Å². The molecule has 1 atom stereocenters. The highest BCUT2D eigenvalue weighted by molar-refractivity contribution is 7.09. The molecule has 1 fully saturated rings. The molecule has 5 heteroatoms. The van der Waals surface area contributed by atoms with Crippen molar-refractivity contribution in [2.45, 2.75) is 45.1 Å². The molecule has 108 valence electrons. The minimum atomic E-state index is 0.141. The lowest BCUT2D eigenvalue weighted by Gasteiger charge is -2.35. The van der Waals surface area contributed by atoms with Crippen molar-refractivity contribution in [1.82, 2.24) is 9.88 Å². The van der Waals surface area contributed by atoms with Crippen LogP contribution in [0.25, 0.3) is 0 Å². The third kappa shape index (κ3) is 2.73. The highest BCUT2D eigenvalue weighted by Crippen LogP contribution is 2.34. The van der Waals surface area contributed by atoms with Crippen LogP contribution >= 0.6 is 11.3 Å². The number of hydrogen-bond acceptors (Lipinski definition) is 4. The van der Waals surface area contributed by atoms with Crippen LogP contribution in [0.3, 0.4) is 0 Å². The molecule has 0 saturated carbocycles. The average Bonchev–Trinajstić information content (AvgIpc) is 2.94. The van der Waals surface area contributed by atoms with Crippen LogP contribution in [0, 0.1) is 6.92 Å². The fourth-order valence-electron chi connectivity index (χ4n) is 2.86. The number of piperidine rings is 1. The number of nitrogens with zero attached hydrogens (tertiary/aromatic N) is 2. The summed E-state index contributed by atoms with van der Waals surface area (Å²) >= 11 is 1.67. The first-order chi connectivity index (χ1) is 9.75.